The lowest BCUT2D eigenvalue weighted by Gasteiger charge is -2.13. The van der Waals surface area contributed by atoms with Gasteiger partial charge in [0.25, 0.3) is 5.91 Å². The van der Waals surface area contributed by atoms with E-state index in [1.807, 2.05) is 0 Å². The molecule has 1 aliphatic rings. The fraction of sp³-hybridized carbons (Fsp3) is 0.312. The van der Waals surface area contributed by atoms with Crippen LogP contribution in [-0.4, -0.2) is 32.7 Å². The highest BCUT2D eigenvalue weighted by atomic mass is 35.5. The number of aliphatic carboxylic acids is 1. The Morgan fingerprint density at radius 3 is 2.71 bits per heavy atom. The number of halogens is 2. The summed E-state index contributed by atoms with van der Waals surface area (Å²) < 4.78 is 0.509. The molecule has 1 aromatic carbocycles. The lowest BCUT2D eigenvalue weighted by molar-refractivity contribution is -0.137. The third-order valence-electron chi connectivity index (χ3n) is 3.40. The van der Waals surface area contributed by atoms with Gasteiger partial charge in [-0.05, 0) is 36.6 Å². The Bertz CT molecular complexity index is 707. The van der Waals surface area contributed by atoms with Crippen molar-refractivity contribution in [2.24, 2.45) is 0 Å². The summed E-state index contributed by atoms with van der Waals surface area (Å²) >= 11 is 18.5. The Balaban J connectivity index is 1.98. The fourth-order valence-corrected chi connectivity index (χ4v) is 3.94. The number of rotatable bonds is 7. The lowest BCUT2D eigenvalue weighted by Crippen LogP contribution is -2.29. The van der Waals surface area contributed by atoms with Crippen molar-refractivity contribution in [1.29, 1.82) is 0 Å². The van der Waals surface area contributed by atoms with E-state index < -0.39 is 5.97 Å². The third-order valence-corrected chi connectivity index (χ3v) is 5.34. The van der Waals surface area contributed by atoms with E-state index in [4.69, 9.17) is 40.5 Å². The van der Waals surface area contributed by atoms with Crippen molar-refractivity contribution in [3.8, 4) is 0 Å². The molecule has 128 valence electrons. The number of carbonyl (C=O) groups excluding carboxylic acids is 1. The molecule has 0 spiro atoms. The summed E-state index contributed by atoms with van der Waals surface area (Å²) in [5, 5.41) is 9.61. The predicted octanol–water partition coefficient (Wildman–Crippen LogP) is 4.84. The van der Waals surface area contributed by atoms with Crippen LogP contribution in [0.25, 0.3) is 6.08 Å². The van der Waals surface area contributed by atoms with E-state index in [1.165, 1.54) is 11.8 Å². The second-order valence-corrected chi connectivity index (χ2v) is 7.72. The fourth-order valence-electron chi connectivity index (χ4n) is 2.18. The van der Waals surface area contributed by atoms with Gasteiger partial charge in [0.2, 0.25) is 0 Å². The molecule has 0 aliphatic carbocycles. The number of thioether (sulfide) groups is 1. The molecule has 1 saturated heterocycles. The second kappa shape index (κ2) is 8.85. The predicted molar refractivity (Wildman–Crippen MR) is 102 cm³/mol. The maximum absolute atomic E-state index is 12.5. The first kappa shape index (κ1) is 19.2. The zero-order valence-corrected chi connectivity index (χ0v) is 15.8. The van der Waals surface area contributed by atoms with E-state index in [1.54, 1.807) is 29.2 Å². The van der Waals surface area contributed by atoms with Crippen LogP contribution in [0, 0.1) is 0 Å². The van der Waals surface area contributed by atoms with Gasteiger partial charge in [-0.25, -0.2) is 0 Å². The third kappa shape index (κ3) is 5.21. The largest absolute Gasteiger partial charge is 0.481 e. The number of carboxylic acids is 1. The number of carbonyl (C=O) groups is 2. The summed E-state index contributed by atoms with van der Waals surface area (Å²) in [5.41, 5.74) is 0.711. The molecule has 1 aromatic rings. The van der Waals surface area contributed by atoms with Crippen LogP contribution >= 0.6 is 47.2 Å². The summed E-state index contributed by atoms with van der Waals surface area (Å²) in [6.45, 7) is 0.496. The number of unbranched alkanes of at least 4 members (excludes halogenated alkanes) is 2. The van der Waals surface area contributed by atoms with Crippen LogP contribution in [0.5, 0.6) is 0 Å². The number of amides is 1. The first-order valence-corrected chi connectivity index (χ1v) is 9.29. The Morgan fingerprint density at radius 2 is 2.04 bits per heavy atom. The number of thiocarbonyl (C=S) groups is 1. The lowest BCUT2D eigenvalue weighted by atomic mass is 10.2. The van der Waals surface area contributed by atoms with E-state index in [9.17, 15) is 9.59 Å². The Hall–Kier alpha value is -1.08. The van der Waals surface area contributed by atoms with Crippen molar-refractivity contribution >= 4 is 69.5 Å². The van der Waals surface area contributed by atoms with Gasteiger partial charge in [-0.1, -0.05) is 59.7 Å². The van der Waals surface area contributed by atoms with Crippen molar-refractivity contribution in [1.82, 2.24) is 4.90 Å². The molecular weight excluding hydrogens is 389 g/mol. The SMILES string of the molecule is O=C(O)CCCCCN1C(=O)/C(=C\c2ccc(Cl)cc2Cl)SC1=S. The highest BCUT2D eigenvalue weighted by molar-refractivity contribution is 8.26. The maximum Gasteiger partial charge on any atom is 0.303 e. The molecule has 1 heterocycles. The van der Waals surface area contributed by atoms with E-state index in [0.29, 0.717) is 44.2 Å². The van der Waals surface area contributed by atoms with Gasteiger partial charge in [0.1, 0.15) is 4.32 Å². The summed E-state index contributed by atoms with van der Waals surface area (Å²) in [6.07, 6.45) is 3.91. The van der Waals surface area contributed by atoms with Gasteiger partial charge < -0.3 is 5.11 Å². The van der Waals surface area contributed by atoms with Crippen LogP contribution in [0.4, 0.5) is 0 Å². The van der Waals surface area contributed by atoms with Gasteiger partial charge in [0.15, 0.2) is 0 Å². The van der Waals surface area contributed by atoms with Gasteiger partial charge in [-0.15, -0.1) is 0 Å². The summed E-state index contributed by atoms with van der Waals surface area (Å²) in [4.78, 5) is 25.0. The highest BCUT2D eigenvalue weighted by Crippen LogP contribution is 2.34. The van der Waals surface area contributed by atoms with Crippen molar-refractivity contribution in [3.05, 3.63) is 38.7 Å². The van der Waals surface area contributed by atoms with Gasteiger partial charge in [-0.2, -0.15) is 0 Å². The van der Waals surface area contributed by atoms with Gasteiger partial charge in [0.05, 0.1) is 4.91 Å². The molecule has 4 nitrogen and oxygen atoms in total. The topological polar surface area (TPSA) is 57.6 Å². The number of carboxylic acid groups (broad SMARTS) is 1. The zero-order valence-electron chi connectivity index (χ0n) is 12.6. The zero-order chi connectivity index (χ0) is 17.7. The minimum Gasteiger partial charge on any atom is -0.481 e. The van der Waals surface area contributed by atoms with E-state index in [2.05, 4.69) is 0 Å². The molecule has 0 saturated carbocycles. The molecule has 2 rings (SSSR count). The molecule has 24 heavy (non-hydrogen) atoms. The second-order valence-electron chi connectivity index (χ2n) is 5.20. The minimum absolute atomic E-state index is 0.144. The Labute approximate surface area is 159 Å². The molecule has 1 fully saturated rings. The number of hydrogen-bond acceptors (Lipinski definition) is 4. The van der Waals surface area contributed by atoms with Gasteiger partial charge in [-0.3, -0.25) is 14.5 Å². The normalized spacial score (nSPS) is 16.2. The molecule has 1 amide bonds. The molecule has 1 aliphatic heterocycles. The Morgan fingerprint density at radius 1 is 1.29 bits per heavy atom. The number of nitrogens with zero attached hydrogens (tertiary/aromatic N) is 1. The summed E-state index contributed by atoms with van der Waals surface area (Å²) in [7, 11) is 0. The molecule has 0 radical (unpaired) electrons. The molecule has 0 bridgehead atoms. The van der Waals surface area contributed by atoms with Crippen LogP contribution in [0.3, 0.4) is 0 Å². The quantitative estimate of drug-likeness (QED) is 0.400. The van der Waals surface area contributed by atoms with Crippen molar-refractivity contribution in [3.63, 3.8) is 0 Å². The van der Waals surface area contributed by atoms with Crippen molar-refractivity contribution in [2.75, 3.05) is 6.54 Å². The van der Waals surface area contributed by atoms with E-state index >= 15 is 0 Å². The number of hydrogen-bond donors (Lipinski definition) is 1. The van der Waals surface area contributed by atoms with Crippen molar-refractivity contribution < 1.29 is 14.7 Å². The molecule has 8 heteroatoms. The first-order valence-electron chi connectivity index (χ1n) is 7.30. The average Bonchev–Trinajstić information content (AvgIpc) is 2.76. The van der Waals surface area contributed by atoms with Crippen LogP contribution < -0.4 is 0 Å². The molecule has 1 N–H and O–H groups in total. The smallest absolute Gasteiger partial charge is 0.303 e. The monoisotopic (exact) mass is 403 g/mol. The van der Waals surface area contributed by atoms with Crippen LogP contribution in [-0.2, 0) is 9.59 Å². The summed E-state index contributed by atoms with van der Waals surface area (Å²) in [6, 6.07) is 5.09. The van der Waals surface area contributed by atoms with E-state index in [-0.39, 0.29) is 12.3 Å². The van der Waals surface area contributed by atoms with Crippen LogP contribution in [0.15, 0.2) is 23.1 Å². The highest BCUT2D eigenvalue weighted by Gasteiger charge is 2.31. The molecule has 0 aromatic heterocycles. The standard InChI is InChI=1S/C16H15Cl2NO3S2/c17-11-6-5-10(12(18)9-11)8-13-15(22)19(16(23)24-13)7-3-1-2-4-14(20)21/h5-6,8-9H,1-4,7H2,(H,20,21)/b13-8+. The summed E-state index contributed by atoms with van der Waals surface area (Å²) in [5.74, 6) is -0.947. The minimum atomic E-state index is -0.802. The Kier molecular flexibility index (Phi) is 7.10. The molecular formula is C16H15Cl2NO3S2. The molecule has 0 atom stereocenters. The molecule has 0 unspecified atom stereocenters. The average molecular weight is 404 g/mol. The van der Waals surface area contributed by atoms with Gasteiger partial charge >= 0.3 is 5.97 Å². The van der Waals surface area contributed by atoms with Crippen LogP contribution in [0.2, 0.25) is 10.0 Å². The first-order chi connectivity index (χ1) is 11.4. The van der Waals surface area contributed by atoms with E-state index in [0.717, 1.165) is 6.42 Å². The van der Waals surface area contributed by atoms with Gasteiger partial charge in [0, 0.05) is 23.0 Å². The number of benzene rings is 1. The maximum atomic E-state index is 12.5. The van der Waals surface area contributed by atoms with Crippen molar-refractivity contribution in [2.45, 2.75) is 25.7 Å². The van der Waals surface area contributed by atoms with Crippen LogP contribution in [0.1, 0.15) is 31.2 Å².